The van der Waals surface area contributed by atoms with Gasteiger partial charge in [0.15, 0.2) is 0 Å². The second-order valence-corrected chi connectivity index (χ2v) is 4.00. The molecule has 3 nitrogen and oxygen atoms in total. The summed E-state index contributed by atoms with van der Waals surface area (Å²) >= 11 is 0. The lowest BCUT2D eigenvalue weighted by atomic mass is 10.1. The number of nitrogens with zero attached hydrogens (tertiary/aromatic N) is 2. The minimum Gasteiger partial charge on any atom is -0.296 e. The highest BCUT2D eigenvalue weighted by molar-refractivity contribution is 6.03. The van der Waals surface area contributed by atoms with E-state index in [2.05, 4.69) is 4.98 Å². The maximum atomic E-state index is 11.7. The average molecular weight is 212 g/mol. The van der Waals surface area contributed by atoms with Crippen molar-refractivity contribution in [3.63, 3.8) is 0 Å². The van der Waals surface area contributed by atoms with Gasteiger partial charge in [0, 0.05) is 24.5 Å². The molecular weight excluding hydrogens is 200 g/mol. The molecule has 1 amide bonds. The molecule has 3 heteroatoms. The van der Waals surface area contributed by atoms with Crippen LogP contribution in [0.1, 0.15) is 12.8 Å². The third-order valence-electron chi connectivity index (χ3n) is 2.98. The smallest absolute Gasteiger partial charge is 0.228 e. The van der Waals surface area contributed by atoms with Crippen LogP contribution in [0.5, 0.6) is 0 Å². The summed E-state index contributed by atoms with van der Waals surface area (Å²) in [5.41, 5.74) is 0. The maximum Gasteiger partial charge on any atom is 0.228 e. The monoisotopic (exact) mass is 212 g/mol. The molecule has 1 aromatic heterocycles. The van der Waals surface area contributed by atoms with Gasteiger partial charge >= 0.3 is 0 Å². The zero-order valence-electron chi connectivity index (χ0n) is 8.89. The largest absolute Gasteiger partial charge is 0.296 e. The lowest BCUT2D eigenvalue weighted by Gasteiger charge is -2.16. The van der Waals surface area contributed by atoms with E-state index in [9.17, 15) is 4.79 Å². The normalized spacial score (nSPS) is 16.0. The quantitative estimate of drug-likeness (QED) is 0.727. The van der Waals surface area contributed by atoms with E-state index in [1.165, 1.54) is 0 Å². The molecule has 0 aliphatic carbocycles. The predicted molar refractivity (Wildman–Crippen MR) is 63.3 cm³/mol. The molecule has 80 valence electrons. The standard InChI is InChI=1S/C13H12N2O/c16-12-6-3-9-15(12)13-11-5-2-1-4-10(11)7-8-14-13/h1-2,4-5,7-8H,3,6,9H2. The van der Waals surface area contributed by atoms with Crippen molar-refractivity contribution in [1.29, 1.82) is 0 Å². The van der Waals surface area contributed by atoms with Crippen LogP contribution in [0.4, 0.5) is 5.82 Å². The first-order chi connectivity index (χ1) is 7.86. The number of hydrogen-bond acceptors (Lipinski definition) is 2. The van der Waals surface area contributed by atoms with E-state index >= 15 is 0 Å². The predicted octanol–water partition coefficient (Wildman–Crippen LogP) is 2.36. The number of pyridine rings is 1. The molecule has 0 bridgehead atoms. The number of aromatic nitrogens is 1. The highest BCUT2D eigenvalue weighted by Crippen LogP contribution is 2.27. The second kappa shape index (κ2) is 3.59. The molecule has 3 rings (SSSR count). The summed E-state index contributed by atoms with van der Waals surface area (Å²) in [6.07, 6.45) is 3.35. The van der Waals surface area contributed by atoms with Gasteiger partial charge in [-0.1, -0.05) is 24.3 Å². The van der Waals surface area contributed by atoms with Gasteiger partial charge in [0.2, 0.25) is 5.91 Å². The van der Waals surface area contributed by atoms with Gasteiger partial charge in [0.1, 0.15) is 5.82 Å². The Labute approximate surface area is 93.7 Å². The third-order valence-corrected chi connectivity index (χ3v) is 2.98. The van der Waals surface area contributed by atoms with Crippen LogP contribution in [0, 0.1) is 0 Å². The van der Waals surface area contributed by atoms with Gasteiger partial charge in [-0.2, -0.15) is 0 Å². The van der Waals surface area contributed by atoms with Gasteiger partial charge in [-0.15, -0.1) is 0 Å². The summed E-state index contributed by atoms with van der Waals surface area (Å²) in [7, 11) is 0. The van der Waals surface area contributed by atoms with Gasteiger partial charge in [-0.3, -0.25) is 9.69 Å². The fourth-order valence-electron chi connectivity index (χ4n) is 2.19. The Morgan fingerprint density at radius 1 is 1.19 bits per heavy atom. The van der Waals surface area contributed by atoms with E-state index in [1.807, 2.05) is 30.3 Å². The molecule has 16 heavy (non-hydrogen) atoms. The Hall–Kier alpha value is -1.90. The number of amides is 1. The Morgan fingerprint density at radius 3 is 2.88 bits per heavy atom. The van der Waals surface area contributed by atoms with E-state index in [-0.39, 0.29) is 5.91 Å². The molecule has 0 radical (unpaired) electrons. The number of hydrogen-bond donors (Lipinski definition) is 0. The lowest BCUT2D eigenvalue weighted by Crippen LogP contribution is -2.24. The van der Waals surface area contributed by atoms with Gasteiger partial charge < -0.3 is 0 Å². The average Bonchev–Trinajstić information content (AvgIpc) is 2.75. The topological polar surface area (TPSA) is 33.2 Å². The molecular formula is C13H12N2O. The molecule has 0 atom stereocenters. The van der Waals surface area contributed by atoms with Crippen LogP contribution < -0.4 is 4.90 Å². The van der Waals surface area contributed by atoms with Gasteiger partial charge in [-0.25, -0.2) is 4.98 Å². The second-order valence-electron chi connectivity index (χ2n) is 4.00. The summed E-state index contributed by atoms with van der Waals surface area (Å²) in [6.45, 7) is 0.792. The highest BCUT2D eigenvalue weighted by Gasteiger charge is 2.23. The van der Waals surface area contributed by atoms with E-state index in [0.29, 0.717) is 6.42 Å². The van der Waals surface area contributed by atoms with Crippen molar-refractivity contribution in [3.05, 3.63) is 36.5 Å². The van der Waals surface area contributed by atoms with Crippen LogP contribution in [-0.2, 0) is 4.79 Å². The molecule has 2 heterocycles. The third kappa shape index (κ3) is 1.36. The fourth-order valence-corrected chi connectivity index (χ4v) is 2.19. The number of benzene rings is 1. The molecule has 1 aliphatic rings. The number of fused-ring (bicyclic) bond motifs is 1. The lowest BCUT2D eigenvalue weighted by molar-refractivity contribution is -0.117. The number of anilines is 1. The minimum atomic E-state index is 0.184. The van der Waals surface area contributed by atoms with E-state index in [1.54, 1.807) is 11.1 Å². The fraction of sp³-hybridized carbons (Fsp3) is 0.231. The number of carbonyl (C=O) groups excluding carboxylic acids is 1. The van der Waals surface area contributed by atoms with Crippen LogP contribution in [0.15, 0.2) is 36.5 Å². The Bertz CT molecular complexity index is 545. The van der Waals surface area contributed by atoms with Crippen molar-refractivity contribution in [1.82, 2.24) is 4.98 Å². The maximum absolute atomic E-state index is 11.7. The highest BCUT2D eigenvalue weighted by atomic mass is 16.2. The van der Waals surface area contributed by atoms with Gasteiger partial charge in [0.05, 0.1) is 0 Å². The molecule has 1 aliphatic heterocycles. The summed E-state index contributed by atoms with van der Waals surface area (Å²) in [6, 6.07) is 10.0. The number of rotatable bonds is 1. The SMILES string of the molecule is O=C1CCCN1c1nccc2ccccc12. The van der Waals surface area contributed by atoms with Gasteiger partial charge in [-0.05, 0) is 17.9 Å². The van der Waals surface area contributed by atoms with Crippen LogP contribution in [0.25, 0.3) is 10.8 Å². The summed E-state index contributed by atoms with van der Waals surface area (Å²) in [5.74, 6) is 0.990. The molecule has 0 unspecified atom stereocenters. The number of carbonyl (C=O) groups is 1. The molecule has 1 saturated heterocycles. The van der Waals surface area contributed by atoms with Crippen molar-refractivity contribution in [2.75, 3.05) is 11.4 Å². The van der Waals surface area contributed by atoms with Gasteiger partial charge in [0.25, 0.3) is 0 Å². The summed E-state index contributed by atoms with van der Waals surface area (Å²) in [5, 5.41) is 2.19. The Kier molecular flexibility index (Phi) is 2.10. The van der Waals surface area contributed by atoms with Crippen LogP contribution >= 0.6 is 0 Å². The molecule has 1 fully saturated rings. The summed E-state index contributed by atoms with van der Waals surface area (Å²) < 4.78 is 0. The first-order valence-electron chi connectivity index (χ1n) is 5.50. The summed E-state index contributed by atoms with van der Waals surface area (Å²) in [4.78, 5) is 17.8. The van der Waals surface area contributed by atoms with Crippen molar-refractivity contribution in [3.8, 4) is 0 Å². The Morgan fingerprint density at radius 2 is 2.06 bits per heavy atom. The van der Waals surface area contributed by atoms with E-state index < -0.39 is 0 Å². The Balaban J connectivity index is 2.19. The van der Waals surface area contributed by atoms with Crippen LogP contribution in [-0.4, -0.2) is 17.4 Å². The zero-order chi connectivity index (χ0) is 11.0. The van der Waals surface area contributed by atoms with Crippen molar-refractivity contribution >= 4 is 22.5 Å². The van der Waals surface area contributed by atoms with Crippen molar-refractivity contribution in [2.45, 2.75) is 12.8 Å². The molecule has 0 saturated carbocycles. The molecule has 2 aromatic rings. The first-order valence-corrected chi connectivity index (χ1v) is 5.50. The molecule has 0 spiro atoms. The minimum absolute atomic E-state index is 0.184. The molecule has 0 N–H and O–H groups in total. The van der Waals surface area contributed by atoms with Crippen molar-refractivity contribution < 1.29 is 4.79 Å². The van der Waals surface area contributed by atoms with E-state index in [0.717, 1.165) is 29.6 Å². The molecule has 1 aromatic carbocycles. The first kappa shape index (κ1) is 9.33. The van der Waals surface area contributed by atoms with Crippen LogP contribution in [0.3, 0.4) is 0 Å². The van der Waals surface area contributed by atoms with Crippen LogP contribution in [0.2, 0.25) is 0 Å². The van der Waals surface area contributed by atoms with Crippen molar-refractivity contribution in [2.24, 2.45) is 0 Å². The van der Waals surface area contributed by atoms with E-state index in [4.69, 9.17) is 0 Å². The zero-order valence-corrected chi connectivity index (χ0v) is 8.89.